The van der Waals surface area contributed by atoms with E-state index in [9.17, 15) is 8.42 Å². The highest BCUT2D eigenvalue weighted by atomic mass is 32.2. The van der Waals surface area contributed by atoms with Crippen molar-refractivity contribution in [2.24, 2.45) is 0 Å². The van der Waals surface area contributed by atoms with Gasteiger partial charge in [-0.05, 0) is 56.1 Å². The molecule has 3 heterocycles. The molecule has 2 aromatic rings. The van der Waals surface area contributed by atoms with Crippen LogP contribution in [0.1, 0.15) is 19.3 Å². The molecule has 7 nitrogen and oxygen atoms in total. The highest BCUT2D eigenvalue weighted by Crippen LogP contribution is 2.24. The number of benzene rings is 1. The third-order valence-electron chi connectivity index (χ3n) is 5.42. The predicted octanol–water partition coefficient (Wildman–Crippen LogP) is 2.15. The maximum absolute atomic E-state index is 12.7. The fourth-order valence-corrected chi connectivity index (χ4v) is 5.34. The number of fused-ring (bicyclic) bond motifs is 1. The van der Waals surface area contributed by atoms with Crippen molar-refractivity contribution >= 4 is 26.7 Å². The molecule has 0 amide bonds. The van der Waals surface area contributed by atoms with Crippen molar-refractivity contribution in [3.63, 3.8) is 0 Å². The molecular formula is C20H28N4O3S. The van der Waals surface area contributed by atoms with Gasteiger partial charge in [0.15, 0.2) is 0 Å². The molecule has 2 aliphatic rings. The Hall–Kier alpha value is -1.74. The average molecular weight is 405 g/mol. The molecule has 0 aliphatic carbocycles. The Morgan fingerprint density at radius 1 is 1.04 bits per heavy atom. The van der Waals surface area contributed by atoms with Gasteiger partial charge in [-0.3, -0.25) is 4.90 Å². The Labute approximate surface area is 166 Å². The zero-order valence-corrected chi connectivity index (χ0v) is 17.0. The molecule has 2 saturated heterocycles. The lowest BCUT2D eigenvalue weighted by atomic mass is 10.2. The molecule has 1 N–H and O–H groups in total. The normalized spacial score (nSPS) is 19.3. The Morgan fingerprint density at radius 2 is 1.82 bits per heavy atom. The molecular weight excluding hydrogens is 376 g/mol. The van der Waals surface area contributed by atoms with Crippen molar-refractivity contribution in [2.45, 2.75) is 24.2 Å². The summed E-state index contributed by atoms with van der Waals surface area (Å²) in [7, 11) is -3.39. The lowest BCUT2D eigenvalue weighted by Gasteiger charge is -2.26. The van der Waals surface area contributed by atoms with Crippen molar-refractivity contribution in [1.82, 2.24) is 14.2 Å². The number of rotatable bonds is 7. The summed E-state index contributed by atoms with van der Waals surface area (Å²) in [5.74, 6) is 0.824. The third-order valence-corrected chi connectivity index (χ3v) is 7.32. The average Bonchev–Trinajstić information content (AvgIpc) is 3.27. The first-order valence-corrected chi connectivity index (χ1v) is 11.5. The van der Waals surface area contributed by atoms with Crippen LogP contribution in [0.15, 0.2) is 35.2 Å². The van der Waals surface area contributed by atoms with Crippen molar-refractivity contribution in [1.29, 1.82) is 0 Å². The first-order valence-electron chi connectivity index (χ1n) is 10.1. The van der Waals surface area contributed by atoms with Crippen LogP contribution >= 0.6 is 0 Å². The minimum Gasteiger partial charge on any atom is -0.379 e. The van der Waals surface area contributed by atoms with Gasteiger partial charge in [-0.2, -0.15) is 4.31 Å². The number of pyridine rings is 1. The van der Waals surface area contributed by atoms with Crippen LogP contribution in [0.25, 0.3) is 10.9 Å². The number of ether oxygens (including phenoxy) is 1. The van der Waals surface area contributed by atoms with Gasteiger partial charge in [0.1, 0.15) is 5.82 Å². The van der Waals surface area contributed by atoms with Gasteiger partial charge in [0, 0.05) is 38.1 Å². The molecule has 28 heavy (non-hydrogen) atoms. The van der Waals surface area contributed by atoms with E-state index in [0.717, 1.165) is 75.4 Å². The molecule has 152 valence electrons. The highest BCUT2D eigenvalue weighted by molar-refractivity contribution is 7.89. The summed E-state index contributed by atoms with van der Waals surface area (Å²) < 4.78 is 32.4. The Morgan fingerprint density at radius 3 is 2.61 bits per heavy atom. The standard InChI is InChI=1S/C20H28N4O3S/c25-28(26,24-10-1-2-11-24)18-5-6-19-17(16-18)4-7-20(22-19)21-8-3-9-23-12-14-27-15-13-23/h4-7,16H,1-3,8-15H2,(H,21,22). The fourth-order valence-electron chi connectivity index (χ4n) is 3.78. The monoisotopic (exact) mass is 404 g/mol. The van der Waals surface area contributed by atoms with Crippen LogP contribution in [0, 0.1) is 0 Å². The summed E-state index contributed by atoms with van der Waals surface area (Å²) in [5.41, 5.74) is 0.804. The summed E-state index contributed by atoms with van der Waals surface area (Å²) in [4.78, 5) is 7.40. The number of nitrogens with zero attached hydrogens (tertiary/aromatic N) is 3. The van der Waals surface area contributed by atoms with E-state index in [1.807, 2.05) is 12.1 Å². The summed E-state index contributed by atoms with van der Waals surface area (Å²) in [6.45, 7) is 6.83. The maximum Gasteiger partial charge on any atom is 0.243 e. The molecule has 2 aliphatic heterocycles. The smallest absolute Gasteiger partial charge is 0.243 e. The zero-order valence-electron chi connectivity index (χ0n) is 16.1. The summed E-state index contributed by atoms with van der Waals surface area (Å²) >= 11 is 0. The van der Waals surface area contributed by atoms with E-state index in [4.69, 9.17) is 4.74 Å². The highest BCUT2D eigenvalue weighted by Gasteiger charge is 2.27. The second-order valence-corrected chi connectivity index (χ2v) is 9.33. The van der Waals surface area contributed by atoms with Gasteiger partial charge in [-0.25, -0.2) is 13.4 Å². The predicted molar refractivity (Wildman–Crippen MR) is 110 cm³/mol. The maximum atomic E-state index is 12.7. The molecule has 0 saturated carbocycles. The van der Waals surface area contributed by atoms with E-state index >= 15 is 0 Å². The van der Waals surface area contributed by atoms with Gasteiger partial charge < -0.3 is 10.1 Å². The lowest BCUT2D eigenvalue weighted by Crippen LogP contribution is -2.37. The SMILES string of the molecule is O=S(=O)(c1ccc2nc(NCCCN3CCOCC3)ccc2c1)N1CCCC1. The number of morpholine rings is 1. The number of hydrogen-bond acceptors (Lipinski definition) is 6. The van der Waals surface area contributed by atoms with E-state index < -0.39 is 10.0 Å². The van der Waals surface area contributed by atoms with E-state index in [1.165, 1.54) is 0 Å². The van der Waals surface area contributed by atoms with E-state index in [0.29, 0.717) is 18.0 Å². The topological polar surface area (TPSA) is 74.8 Å². The molecule has 1 aromatic heterocycles. The van der Waals surface area contributed by atoms with E-state index in [2.05, 4.69) is 15.2 Å². The number of sulfonamides is 1. The Bertz CT molecular complexity index is 907. The van der Waals surface area contributed by atoms with Crippen LogP contribution < -0.4 is 5.32 Å². The van der Waals surface area contributed by atoms with Gasteiger partial charge >= 0.3 is 0 Å². The summed E-state index contributed by atoms with van der Waals surface area (Å²) in [6, 6.07) is 9.07. The van der Waals surface area contributed by atoms with Crippen molar-refractivity contribution in [3.8, 4) is 0 Å². The molecule has 0 unspecified atom stereocenters. The molecule has 0 spiro atoms. The van der Waals surface area contributed by atoms with Gasteiger partial charge in [0.25, 0.3) is 0 Å². The number of anilines is 1. The summed E-state index contributed by atoms with van der Waals surface area (Å²) in [6.07, 6.45) is 2.93. The summed E-state index contributed by atoms with van der Waals surface area (Å²) in [5, 5.41) is 4.22. The van der Waals surface area contributed by atoms with Gasteiger partial charge in [0.2, 0.25) is 10.0 Å². The molecule has 2 fully saturated rings. The fraction of sp³-hybridized carbons (Fsp3) is 0.550. The molecule has 0 radical (unpaired) electrons. The van der Waals surface area contributed by atoms with Gasteiger partial charge in [-0.1, -0.05) is 0 Å². The van der Waals surface area contributed by atoms with Crippen LogP contribution in [0.3, 0.4) is 0 Å². The van der Waals surface area contributed by atoms with Crippen LogP contribution in [0.2, 0.25) is 0 Å². The minimum absolute atomic E-state index is 0.356. The van der Waals surface area contributed by atoms with E-state index in [-0.39, 0.29) is 0 Å². The first kappa shape index (κ1) is 19.6. The molecule has 0 bridgehead atoms. The minimum atomic E-state index is -3.39. The molecule has 4 rings (SSSR count). The largest absolute Gasteiger partial charge is 0.379 e. The van der Waals surface area contributed by atoms with Gasteiger partial charge in [0.05, 0.1) is 23.6 Å². The first-order chi connectivity index (χ1) is 13.6. The molecule has 8 heteroatoms. The van der Waals surface area contributed by atoms with Crippen LogP contribution in [0.5, 0.6) is 0 Å². The van der Waals surface area contributed by atoms with Crippen LogP contribution in [-0.4, -0.2) is 75.1 Å². The molecule has 0 atom stereocenters. The number of nitrogens with one attached hydrogen (secondary N) is 1. The number of aromatic nitrogens is 1. The van der Waals surface area contributed by atoms with Crippen molar-refractivity contribution in [2.75, 3.05) is 57.8 Å². The quantitative estimate of drug-likeness (QED) is 0.713. The third kappa shape index (κ3) is 4.46. The zero-order chi connectivity index (χ0) is 19.4. The number of hydrogen-bond donors (Lipinski definition) is 1. The van der Waals surface area contributed by atoms with Crippen LogP contribution in [-0.2, 0) is 14.8 Å². The van der Waals surface area contributed by atoms with Crippen molar-refractivity contribution in [3.05, 3.63) is 30.3 Å². The lowest BCUT2D eigenvalue weighted by molar-refractivity contribution is 0.0378. The van der Waals surface area contributed by atoms with Crippen LogP contribution in [0.4, 0.5) is 5.82 Å². The second kappa shape index (κ2) is 8.73. The van der Waals surface area contributed by atoms with Gasteiger partial charge in [-0.15, -0.1) is 0 Å². The Kier molecular flexibility index (Phi) is 6.10. The van der Waals surface area contributed by atoms with E-state index in [1.54, 1.807) is 22.5 Å². The Balaban J connectivity index is 1.37. The molecule has 1 aromatic carbocycles. The van der Waals surface area contributed by atoms with Crippen molar-refractivity contribution < 1.29 is 13.2 Å². The second-order valence-electron chi connectivity index (χ2n) is 7.40.